The molecular formula is C13H16F2N2O2S. The number of carbonyl (C=O) groups excluding carboxylic acids is 1. The first kappa shape index (κ1) is 16.3. The summed E-state index contributed by atoms with van der Waals surface area (Å²) in [5.74, 6) is -0.229. The van der Waals surface area contributed by atoms with E-state index in [4.69, 9.17) is 18.0 Å². The van der Waals surface area contributed by atoms with Crippen LogP contribution in [-0.4, -0.2) is 35.5 Å². The standard InChI is InChI=1S/C13H16F2N2O2S/c1-8(7-11(16)20)17(2)12(18)9-3-5-10(6-4-9)19-13(14)15/h3-6,8,13H,7H2,1-2H3,(H2,16,20). The molecule has 110 valence electrons. The summed E-state index contributed by atoms with van der Waals surface area (Å²) in [4.78, 5) is 14.0. The summed E-state index contributed by atoms with van der Waals surface area (Å²) < 4.78 is 28.2. The van der Waals surface area contributed by atoms with Crippen molar-refractivity contribution in [3.63, 3.8) is 0 Å². The zero-order valence-corrected chi connectivity index (χ0v) is 12.0. The SMILES string of the molecule is CC(CC(N)=S)N(C)C(=O)c1ccc(OC(F)F)cc1. The first-order chi connectivity index (χ1) is 9.31. The number of hydrogen-bond donors (Lipinski definition) is 1. The highest BCUT2D eigenvalue weighted by molar-refractivity contribution is 7.80. The second-order valence-corrected chi connectivity index (χ2v) is 4.86. The lowest BCUT2D eigenvalue weighted by atomic mass is 10.1. The second-order valence-electron chi connectivity index (χ2n) is 4.34. The molecule has 0 saturated carbocycles. The van der Waals surface area contributed by atoms with E-state index in [0.29, 0.717) is 17.0 Å². The van der Waals surface area contributed by atoms with Crippen LogP contribution in [0.15, 0.2) is 24.3 Å². The van der Waals surface area contributed by atoms with Crippen molar-refractivity contribution in [2.24, 2.45) is 5.73 Å². The van der Waals surface area contributed by atoms with Crippen LogP contribution >= 0.6 is 12.2 Å². The van der Waals surface area contributed by atoms with Gasteiger partial charge < -0.3 is 15.4 Å². The summed E-state index contributed by atoms with van der Waals surface area (Å²) in [6.45, 7) is -1.06. The average Bonchev–Trinajstić information content (AvgIpc) is 2.36. The van der Waals surface area contributed by atoms with Gasteiger partial charge in [0.25, 0.3) is 5.91 Å². The molecular weight excluding hydrogens is 286 g/mol. The smallest absolute Gasteiger partial charge is 0.387 e. The van der Waals surface area contributed by atoms with E-state index in [2.05, 4.69) is 4.74 Å². The van der Waals surface area contributed by atoms with E-state index in [1.807, 2.05) is 6.92 Å². The van der Waals surface area contributed by atoms with E-state index in [1.165, 1.54) is 29.2 Å². The van der Waals surface area contributed by atoms with Gasteiger partial charge in [0.15, 0.2) is 0 Å². The predicted octanol–water partition coefficient (Wildman–Crippen LogP) is 2.42. The van der Waals surface area contributed by atoms with E-state index in [-0.39, 0.29) is 17.7 Å². The lowest BCUT2D eigenvalue weighted by molar-refractivity contribution is -0.0498. The lowest BCUT2D eigenvalue weighted by Gasteiger charge is -2.24. The van der Waals surface area contributed by atoms with E-state index in [9.17, 15) is 13.6 Å². The first-order valence-electron chi connectivity index (χ1n) is 5.91. The molecule has 1 amide bonds. The number of benzene rings is 1. The van der Waals surface area contributed by atoms with Crippen LogP contribution < -0.4 is 10.5 Å². The van der Waals surface area contributed by atoms with Gasteiger partial charge >= 0.3 is 6.61 Å². The third-order valence-electron chi connectivity index (χ3n) is 2.80. The third-order valence-corrected chi connectivity index (χ3v) is 2.97. The molecule has 1 aromatic carbocycles. The summed E-state index contributed by atoms with van der Waals surface area (Å²) in [6, 6.07) is 5.38. The summed E-state index contributed by atoms with van der Waals surface area (Å²) in [5, 5.41) is 0. The number of thiocarbonyl (C=S) groups is 1. The number of carbonyl (C=O) groups is 1. The molecule has 0 spiro atoms. The van der Waals surface area contributed by atoms with Crippen LogP contribution in [0.25, 0.3) is 0 Å². The lowest BCUT2D eigenvalue weighted by Crippen LogP contribution is -2.37. The topological polar surface area (TPSA) is 55.6 Å². The Labute approximate surface area is 121 Å². The van der Waals surface area contributed by atoms with Crippen LogP contribution in [-0.2, 0) is 0 Å². The Kier molecular flexibility index (Phi) is 5.82. The summed E-state index contributed by atoms with van der Waals surface area (Å²) in [7, 11) is 1.63. The number of nitrogens with two attached hydrogens (primary N) is 1. The largest absolute Gasteiger partial charge is 0.435 e. The van der Waals surface area contributed by atoms with Crippen LogP contribution in [0.5, 0.6) is 5.75 Å². The van der Waals surface area contributed by atoms with Crippen molar-refractivity contribution >= 4 is 23.1 Å². The highest BCUT2D eigenvalue weighted by Crippen LogP contribution is 2.16. The van der Waals surface area contributed by atoms with Gasteiger partial charge in [-0.05, 0) is 31.2 Å². The fraction of sp³-hybridized carbons (Fsp3) is 0.385. The van der Waals surface area contributed by atoms with Crippen molar-refractivity contribution in [3.05, 3.63) is 29.8 Å². The Balaban J connectivity index is 2.74. The van der Waals surface area contributed by atoms with Crippen molar-refractivity contribution in [2.75, 3.05) is 7.05 Å². The fourth-order valence-corrected chi connectivity index (χ4v) is 1.85. The molecule has 0 bridgehead atoms. The summed E-state index contributed by atoms with van der Waals surface area (Å²) >= 11 is 4.80. The van der Waals surface area contributed by atoms with Gasteiger partial charge in [0.05, 0.1) is 4.99 Å². The number of alkyl halides is 2. The number of hydrogen-bond acceptors (Lipinski definition) is 3. The van der Waals surface area contributed by atoms with Crippen molar-refractivity contribution in [3.8, 4) is 5.75 Å². The van der Waals surface area contributed by atoms with Gasteiger partial charge in [-0.2, -0.15) is 8.78 Å². The summed E-state index contributed by atoms with van der Waals surface area (Å²) in [6.07, 6.45) is 0.421. The minimum Gasteiger partial charge on any atom is -0.435 e. The van der Waals surface area contributed by atoms with Gasteiger partial charge in [-0.3, -0.25) is 4.79 Å². The molecule has 1 atom stereocenters. The molecule has 7 heteroatoms. The maximum atomic E-state index is 12.2. The predicted molar refractivity (Wildman–Crippen MR) is 76.0 cm³/mol. The third kappa shape index (κ3) is 4.73. The highest BCUT2D eigenvalue weighted by atomic mass is 32.1. The van der Waals surface area contributed by atoms with Gasteiger partial charge in [0.2, 0.25) is 0 Å². The molecule has 4 nitrogen and oxygen atoms in total. The Morgan fingerprint density at radius 1 is 1.40 bits per heavy atom. The molecule has 0 fully saturated rings. The number of rotatable bonds is 6. The van der Waals surface area contributed by atoms with Crippen molar-refractivity contribution in [1.29, 1.82) is 0 Å². The van der Waals surface area contributed by atoms with Gasteiger partial charge in [-0.25, -0.2) is 0 Å². The van der Waals surface area contributed by atoms with Gasteiger partial charge in [0, 0.05) is 25.1 Å². The number of nitrogens with zero attached hydrogens (tertiary/aromatic N) is 1. The normalized spacial score (nSPS) is 12.1. The molecule has 0 aliphatic rings. The highest BCUT2D eigenvalue weighted by Gasteiger charge is 2.18. The second kappa shape index (κ2) is 7.14. The molecule has 1 rings (SSSR count). The van der Waals surface area contributed by atoms with Crippen LogP contribution in [0.3, 0.4) is 0 Å². The Bertz CT molecular complexity index is 480. The quantitative estimate of drug-likeness (QED) is 0.820. The minimum atomic E-state index is -2.88. The van der Waals surface area contributed by atoms with Crippen LogP contribution in [0.1, 0.15) is 23.7 Å². The van der Waals surface area contributed by atoms with Crippen molar-refractivity contribution < 1.29 is 18.3 Å². The maximum absolute atomic E-state index is 12.2. The van der Waals surface area contributed by atoms with Crippen LogP contribution in [0, 0.1) is 0 Å². The number of halogens is 2. The molecule has 0 heterocycles. The zero-order valence-electron chi connectivity index (χ0n) is 11.2. The van der Waals surface area contributed by atoms with Gasteiger partial charge in [0.1, 0.15) is 5.75 Å². The molecule has 20 heavy (non-hydrogen) atoms. The molecule has 0 aliphatic heterocycles. The molecule has 1 unspecified atom stereocenters. The molecule has 1 aromatic rings. The van der Waals surface area contributed by atoms with Crippen molar-refractivity contribution in [1.82, 2.24) is 4.90 Å². The molecule has 0 saturated heterocycles. The Hall–Kier alpha value is -1.76. The molecule has 2 N–H and O–H groups in total. The zero-order chi connectivity index (χ0) is 15.3. The van der Waals surface area contributed by atoms with Gasteiger partial charge in [-0.15, -0.1) is 0 Å². The van der Waals surface area contributed by atoms with Crippen LogP contribution in [0.4, 0.5) is 8.78 Å². The summed E-state index contributed by atoms with van der Waals surface area (Å²) in [5.41, 5.74) is 5.82. The van der Waals surface area contributed by atoms with Gasteiger partial charge in [-0.1, -0.05) is 12.2 Å². The Morgan fingerprint density at radius 3 is 2.40 bits per heavy atom. The maximum Gasteiger partial charge on any atom is 0.387 e. The molecule has 0 aliphatic carbocycles. The number of amides is 1. The Morgan fingerprint density at radius 2 is 1.95 bits per heavy atom. The average molecular weight is 302 g/mol. The van der Waals surface area contributed by atoms with Crippen LogP contribution in [0.2, 0.25) is 0 Å². The van der Waals surface area contributed by atoms with E-state index >= 15 is 0 Å². The minimum absolute atomic E-state index is 0.00962. The monoisotopic (exact) mass is 302 g/mol. The fourth-order valence-electron chi connectivity index (χ4n) is 1.61. The van der Waals surface area contributed by atoms with E-state index < -0.39 is 6.61 Å². The molecule has 0 aromatic heterocycles. The van der Waals surface area contributed by atoms with Crippen molar-refractivity contribution in [2.45, 2.75) is 26.0 Å². The van der Waals surface area contributed by atoms with E-state index in [1.54, 1.807) is 7.05 Å². The van der Waals surface area contributed by atoms with E-state index in [0.717, 1.165) is 0 Å². The first-order valence-corrected chi connectivity index (χ1v) is 6.32. The number of ether oxygens (including phenoxy) is 1. The molecule has 0 radical (unpaired) electrons.